The fraction of sp³-hybridized carbons (Fsp3) is 0. The normalized spacial score (nSPS) is 17.3. The molecule has 0 unspecified atom stereocenters. The molecule has 2 nitrogen and oxygen atoms in total. The third kappa shape index (κ3) is 7.65. The first-order valence-electron chi connectivity index (χ1n) is 45.3. The van der Waals surface area contributed by atoms with Crippen molar-refractivity contribution in [1.82, 2.24) is 0 Å². The largest absolute Gasteiger partial charge is 0.455 e. The molecule has 0 aliphatic carbocycles. The highest BCUT2D eigenvalue weighted by molar-refractivity contribution is 6.28. The number of fused-ring (bicyclic) bond motifs is 20. The van der Waals surface area contributed by atoms with Crippen LogP contribution >= 0.6 is 0 Å². The summed E-state index contributed by atoms with van der Waals surface area (Å²) < 4.78 is 320. The van der Waals surface area contributed by atoms with Gasteiger partial charge in [0.25, 0.3) is 0 Å². The monoisotopic (exact) mass is 1170 g/mol. The van der Waals surface area contributed by atoms with Crippen LogP contribution < -0.4 is 0 Å². The van der Waals surface area contributed by atoms with E-state index in [0.717, 1.165) is 21.5 Å². The molecule has 18 aromatic carbocycles. The van der Waals surface area contributed by atoms with E-state index in [4.69, 9.17) is 37.6 Å². The fourth-order valence-corrected chi connectivity index (χ4v) is 12.8. The maximum Gasteiger partial charge on any atom is 0.143 e. The Bertz CT molecular complexity index is 8380. The third-order valence-corrected chi connectivity index (χ3v) is 16.7. The minimum atomic E-state index is -0.790. The predicted octanol–water partition coefficient (Wildman–Crippen LogP) is 25.4. The van der Waals surface area contributed by atoms with E-state index in [9.17, 15) is 17.8 Å². The number of rotatable bonds is 4. The zero-order valence-corrected chi connectivity index (χ0v) is 46.2. The molecular formula is C88H52O2. The molecule has 20 aromatic rings. The maximum absolute atomic E-state index is 9.78. The predicted molar refractivity (Wildman–Crippen MR) is 384 cm³/mol. The average molecular weight is 1180 g/mol. The molecule has 0 atom stereocenters. The molecule has 416 valence electrons. The lowest BCUT2D eigenvalue weighted by atomic mass is 9.83. The van der Waals surface area contributed by atoms with Crippen molar-refractivity contribution < 1.29 is 55.4 Å². The first-order chi connectivity index (χ1) is 58.8. The summed E-state index contributed by atoms with van der Waals surface area (Å²) in [7, 11) is 0. The Balaban J connectivity index is 0.000000163. The third-order valence-electron chi connectivity index (χ3n) is 16.7. The first kappa shape index (κ1) is 27.5. The second-order valence-electron chi connectivity index (χ2n) is 21.5. The van der Waals surface area contributed by atoms with E-state index in [-0.39, 0.29) is 70.7 Å². The fourth-order valence-electron chi connectivity index (χ4n) is 12.8. The summed E-state index contributed by atoms with van der Waals surface area (Å²) in [6, 6.07) is 8.85. The smallest absolute Gasteiger partial charge is 0.143 e. The Morgan fingerprint density at radius 2 is 0.589 bits per heavy atom. The Labute approximate surface area is 565 Å². The quantitative estimate of drug-likeness (QED) is 0.130. The van der Waals surface area contributed by atoms with Gasteiger partial charge in [-0.3, -0.25) is 0 Å². The van der Waals surface area contributed by atoms with Crippen LogP contribution in [0.3, 0.4) is 0 Å². The van der Waals surface area contributed by atoms with E-state index in [1.165, 1.54) is 0 Å². The van der Waals surface area contributed by atoms with E-state index in [1.807, 2.05) is 72.8 Å². The zero-order valence-electron chi connectivity index (χ0n) is 80.2. The van der Waals surface area contributed by atoms with Gasteiger partial charge in [-0.05, 0) is 190 Å². The maximum atomic E-state index is 9.78. The van der Waals surface area contributed by atoms with Gasteiger partial charge in [0.05, 0.1) is 46.6 Å². The minimum absolute atomic E-state index is 0.00338. The number of hydrogen-bond donors (Lipinski definition) is 0. The summed E-state index contributed by atoms with van der Waals surface area (Å²) >= 11 is 0. The lowest BCUT2D eigenvalue weighted by molar-refractivity contribution is 0.672. The summed E-state index contributed by atoms with van der Waals surface area (Å²) in [5.41, 5.74) is 0.802. The molecule has 2 heterocycles. The summed E-state index contributed by atoms with van der Waals surface area (Å²) in [6.07, 6.45) is 0. The molecule has 0 amide bonds. The van der Waals surface area contributed by atoms with Crippen LogP contribution in [0.25, 0.3) is 196 Å². The number of hydrogen-bond acceptors (Lipinski definition) is 2. The van der Waals surface area contributed by atoms with Crippen LogP contribution in [0.2, 0.25) is 0 Å². The summed E-state index contributed by atoms with van der Waals surface area (Å²) in [5, 5.41) is 0.500. The van der Waals surface area contributed by atoms with Gasteiger partial charge in [-0.25, -0.2) is 0 Å². The molecule has 0 fully saturated rings. The minimum Gasteiger partial charge on any atom is -0.455 e. The Morgan fingerprint density at radius 3 is 1.10 bits per heavy atom. The van der Waals surface area contributed by atoms with Crippen molar-refractivity contribution in [2.24, 2.45) is 0 Å². The molecule has 2 aromatic heterocycles. The SMILES string of the molecule is [2H]c1c([2H])c([2H])c2c(-c3c([2H])c([2H])c4c(c3[2H])c([2H])c([2H])c3c([2H])c([2H])c([2H])c([2H])c34)c3c([2H])c([2H])c([2H])c([2H])c3c(-c3ccc4oc5c6ccccc6ccc5c4c3)c2c1[2H].[2H]c1c([2H])c([2H])c2c(-c3c([2H])c4c([2H])c([2H])c([2H])c([2H])c4c4c([2H])c([2H])c([2H])c([2H])c34)c3c([2H])c([2H])c([2H])c([2H])c3c(-c3ccc4oc5c6ccccc6ccc5c4c3)c2c1[2H]. The summed E-state index contributed by atoms with van der Waals surface area (Å²) in [6.45, 7) is 0. The van der Waals surface area contributed by atoms with Crippen LogP contribution in [0.1, 0.15) is 46.6 Å². The van der Waals surface area contributed by atoms with Crippen LogP contribution in [0.5, 0.6) is 0 Å². The van der Waals surface area contributed by atoms with Crippen LogP contribution in [0, 0.1) is 0 Å². The van der Waals surface area contributed by atoms with Crippen LogP contribution in [-0.4, -0.2) is 0 Å². The van der Waals surface area contributed by atoms with Crippen molar-refractivity contribution in [1.29, 1.82) is 0 Å². The molecule has 20 rings (SSSR count). The van der Waals surface area contributed by atoms with Crippen LogP contribution in [0.4, 0.5) is 0 Å². The van der Waals surface area contributed by atoms with Crippen molar-refractivity contribution in [3.8, 4) is 44.5 Å². The highest BCUT2D eigenvalue weighted by Gasteiger charge is 2.22. The molecule has 0 spiro atoms. The van der Waals surface area contributed by atoms with Crippen LogP contribution in [0.15, 0.2) is 323 Å². The van der Waals surface area contributed by atoms with Crippen molar-refractivity contribution in [2.75, 3.05) is 0 Å². The van der Waals surface area contributed by atoms with E-state index >= 15 is 0 Å². The summed E-state index contributed by atoms with van der Waals surface area (Å²) in [5.74, 6) is 0. The molecule has 0 radical (unpaired) electrons. The first-order valence-corrected chi connectivity index (χ1v) is 28.3. The Hall–Kier alpha value is -11.8. The molecule has 0 saturated heterocycles. The van der Waals surface area contributed by atoms with Gasteiger partial charge in [0.15, 0.2) is 0 Å². The Morgan fingerprint density at radius 1 is 0.211 bits per heavy atom. The topological polar surface area (TPSA) is 26.3 Å². The highest BCUT2D eigenvalue weighted by Crippen LogP contribution is 2.49. The van der Waals surface area contributed by atoms with Gasteiger partial charge in [-0.1, -0.05) is 266 Å². The van der Waals surface area contributed by atoms with E-state index < -0.39 is 265 Å². The van der Waals surface area contributed by atoms with Crippen molar-refractivity contribution in [3.05, 3.63) is 315 Å². The molecule has 90 heavy (non-hydrogen) atoms. The van der Waals surface area contributed by atoms with Crippen molar-refractivity contribution >= 4 is 152 Å². The van der Waals surface area contributed by atoms with Crippen molar-refractivity contribution in [2.45, 2.75) is 0 Å². The van der Waals surface area contributed by atoms with Gasteiger partial charge in [0.1, 0.15) is 22.3 Å². The average Bonchev–Trinajstić information content (AvgIpc) is 0.711. The van der Waals surface area contributed by atoms with E-state index in [2.05, 4.69) is 0 Å². The summed E-state index contributed by atoms with van der Waals surface area (Å²) in [4.78, 5) is 0. The van der Waals surface area contributed by atoms with Crippen molar-refractivity contribution in [3.63, 3.8) is 0 Å². The second kappa shape index (κ2) is 19.8. The van der Waals surface area contributed by atoms with Gasteiger partial charge in [-0.2, -0.15) is 0 Å². The molecule has 0 bridgehead atoms. The van der Waals surface area contributed by atoms with E-state index in [1.54, 1.807) is 36.4 Å². The standard InChI is InChI=1S/2C44H26O/c1-4-14-31-27(11-1)21-23-38-39-26-29(22-24-41(39)45-44(31)38)42-34-17-7-9-19-36(34)43(37-20-10-8-18-35(37)42)40-25-28-12-2-3-13-30(28)32-15-5-6-16-33(32)40;1-3-11-32-27(9-1)17-18-29-25-30(20-22-33(29)32)42-35-13-5-7-15-37(35)43(38-16-8-6-14-36(38)42)31-21-24-41-40(26-31)39-23-19-28-10-2-4-12-34(28)44(39)45-41/h2*1-26H/i2D,3D,5D,6D,7D,8D,9D,10D,12D,13D,15D,16D,17D,18D,19D,20D,25D;1D,3D,5D,6D,7D,8D,9D,11D,13D,14D,15D,16D,17D,18D,20D,22D,25D. The molecule has 0 aliphatic heterocycles. The van der Waals surface area contributed by atoms with Gasteiger partial charge in [-0.15, -0.1) is 0 Å². The molecule has 0 saturated carbocycles. The molecule has 0 aliphatic rings. The van der Waals surface area contributed by atoms with Gasteiger partial charge in [0.2, 0.25) is 0 Å². The zero-order chi connectivity index (χ0) is 88.6. The lowest BCUT2D eigenvalue weighted by Crippen LogP contribution is -1.92. The lowest BCUT2D eigenvalue weighted by Gasteiger charge is -2.19. The van der Waals surface area contributed by atoms with E-state index in [0.29, 0.717) is 43.9 Å². The Kier molecular flexibility index (Phi) is 6.06. The van der Waals surface area contributed by atoms with Gasteiger partial charge in [0, 0.05) is 32.3 Å². The van der Waals surface area contributed by atoms with Gasteiger partial charge < -0.3 is 8.83 Å². The number of benzene rings is 18. The highest BCUT2D eigenvalue weighted by atomic mass is 16.3. The molecule has 2 heteroatoms. The van der Waals surface area contributed by atoms with Crippen LogP contribution in [-0.2, 0) is 0 Å². The van der Waals surface area contributed by atoms with Gasteiger partial charge >= 0.3 is 0 Å². The number of furan rings is 2. The molecule has 0 N–H and O–H groups in total. The molecular weight excluding hydrogens is 1090 g/mol. The second-order valence-corrected chi connectivity index (χ2v) is 21.5.